The summed E-state index contributed by atoms with van der Waals surface area (Å²) in [6, 6.07) is 9.78. The Bertz CT molecular complexity index is 388. The van der Waals surface area contributed by atoms with Gasteiger partial charge in [-0.15, -0.1) is 11.8 Å². The summed E-state index contributed by atoms with van der Waals surface area (Å²) in [5.41, 5.74) is 1.39. The lowest BCUT2D eigenvalue weighted by atomic mass is 10.2. The molecule has 3 heteroatoms. The van der Waals surface area contributed by atoms with Crippen LogP contribution >= 0.6 is 11.8 Å². The minimum Gasteiger partial charge on any atom is -0.377 e. The first kappa shape index (κ1) is 12.5. The molecule has 1 saturated heterocycles. The van der Waals surface area contributed by atoms with E-state index in [2.05, 4.69) is 36.5 Å². The summed E-state index contributed by atoms with van der Waals surface area (Å²) < 4.78 is 5.60. The molecule has 2 unspecified atom stereocenters. The molecule has 3 rings (SSSR count). The molecule has 98 valence electrons. The average molecular weight is 263 g/mol. The second-order valence-electron chi connectivity index (χ2n) is 5.32. The van der Waals surface area contributed by atoms with Crippen molar-refractivity contribution >= 4 is 11.8 Å². The molecule has 2 atom stereocenters. The van der Waals surface area contributed by atoms with Gasteiger partial charge in [0.25, 0.3) is 0 Å². The number of benzene rings is 1. The van der Waals surface area contributed by atoms with E-state index in [-0.39, 0.29) is 0 Å². The number of ether oxygens (including phenoxy) is 1. The van der Waals surface area contributed by atoms with Crippen molar-refractivity contribution < 1.29 is 4.74 Å². The van der Waals surface area contributed by atoms with Crippen LogP contribution < -0.4 is 5.32 Å². The molecule has 1 aliphatic heterocycles. The molecular weight excluding hydrogens is 242 g/mol. The van der Waals surface area contributed by atoms with Gasteiger partial charge in [0.15, 0.2) is 0 Å². The summed E-state index contributed by atoms with van der Waals surface area (Å²) in [5, 5.41) is 4.17. The first-order valence-corrected chi connectivity index (χ1v) is 7.80. The zero-order chi connectivity index (χ0) is 12.4. The van der Waals surface area contributed by atoms with Crippen molar-refractivity contribution in [1.82, 2.24) is 5.32 Å². The lowest BCUT2D eigenvalue weighted by Crippen LogP contribution is -2.15. The van der Waals surface area contributed by atoms with Crippen LogP contribution in [0, 0.1) is 0 Å². The SMILES string of the molecule is CC1OCCC1Sc1ccc(CNC2CC2)cc1. The van der Waals surface area contributed by atoms with Crippen molar-refractivity contribution in [3.8, 4) is 0 Å². The van der Waals surface area contributed by atoms with E-state index in [4.69, 9.17) is 4.74 Å². The predicted molar refractivity (Wildman–Crippen MR) is 76.0 cm³/mol. The van der Waals surface area contributed by atoms with E-state index in [0.29, 0.717) is 11.4 Å². The van der Waals surface area contributed by atoms with Gasteiger partial charge in [-0.05, 0) is 43.9 Å². The van der Waals surface area contributed by atoms with Crippen molar-refractivity contribution in [3.05, 3.63) is 29.8 Å². The van der Waals surface area contributed by atoms with Gasteiger partial charge in [0.2, 0.25) is 0 Å². The maximum Gasteiger partial charge on any atom is 0.0669 e. The first-order valence-electron chi connectivity index (χ1n) is 6.92. The van der Waals surface area contributed by atoms with Gasteiger partial charge < -0.3 is 10.1 Å². The van der Waals surface area contributed by atoms with Crippen LogP contribution in [0.3, 0.4) is 0 Å². The van der Waals surface area contributed by atoms with Crippen molar-refractivity contribution in [1.29, 1.82) is 0 Å². The van der Waals surface area contributed by atoms with Crippen LogP contribution in [0.1, 0.15) is 31.7 Å². The fourth-order valence-electron chi connectivity index (χ4n) is 2.28. The summed E-state index contributed by atoms with van der Waals surface area (Å²) in [7, 11) is 0. The van der Waals surface area contributed by atoms with Crippen LogP contribution in [0.25, 0.3) is 0 Å². The Labute approximate surface area is 113 Å². The summed E-state index contributed by atoms with van der Waals surface area (Å²) in [6.07, 6.45) is 4.28. The molecule has 0 radical (unpaired) electrons. The van der Waals surface area contributed by atoms with Gasteiger partial charge in [-0.2, -0.15) is 0 Å². The number of hydrogen-bond donors (Lipinski definition) is 1. The van der Waals surface area contributed by atoms with E-state index in [1.165, 1.54) is 29.7 Å². The molecule has 1 aromatic carbocycles. The number of hydrogen-bond acceptors (Lipinski definition) is 3. The molecule has 2 nitrogen and oxygen atoms in total. The summed E-state index contributed by atoms with van der Waals surface area (Å²) in [6.45, 7) is 4.11. The summed E-state index contributed by atoms with van der Waals surface area (Å²) in [4.78, 5) is 1.37. The molecule has 0 bridgehead atoms. The van der Waals surface area contributed by atoms with Crippen molar-refractivity contribution in [2.24, 2.45) is 0 Å². The molecule has 2 aliphatic rings. The minimum atomic E-state index is 0.395. The summed E-state index contributed by atoms with van der Waals surface area (Å²) >= 11 is 1.96. The average Bonchev–Trinajstić information content (AvgIpc) is 3.13. The Morgan fingerprint density at radius 1 is 1.22 bits per heavy atom. The molecule has 1 saturated carbocycles. The molecule has 1 aromatic rings. The van der Waals surface area contributed by atoms with Gasteiger partial charge in [0.1, 0.15) is 0 Å². The third kappa shape index (κ3) is 3.28. The third-order valence-corrected chi connectivity index (χ3v) is 5.16. The van der Waals surface area contributed by atoms with E-state index in [1.54, 1.807) is 0 Å². The van der Waals surface area contributed by atoms with Crippen molar-refractivity contribution in [3.63, 3.8) is 0 Å². The largest absolute Gasteiger partial charge is 0.377 e. The number of rotatable bonds is 5. The normalized spacial score (nSPS) is 27.6. The second kappa shape index (κ2) is 5.64. The molecule has 1 heterocycles. The quantitative estimate of drug-likeness (QED) is 0.881. The van der Waals surface area contributed by atoms with Crippen molar-refractivity contribution in [2.75, 3.05) is 6.61 Å². The van der Waals surface area contributed by atoms with E-state index >= 15 is 0 Å². The highest BCUT2D eigenvalue weighted by atomic mass is 32.2. The molecule has 18 heavy (non-hydrogen) atoms. The van der Waals surface area contributed by atoms with Crippen LogP contribution in [0.2, 0.25) is 0 Å². The molecule has 1 N–H and O–H groups in total. The van der Waals surface area contributed by atoms with Gasteiger partial charge >= 0.3 is 0 Å². The molecule has 2 fully saturated rings. The van der Waals surface area contributed by atoms with Crippen molar-refractivity contribution in [2.45, 2.75) is 55.0 Å². The lowest BCUT2D eigenvalue weighted by Gasteiger charge is -2.13. The van der Waals surface area contributed by atoms with Crippen LogP contribution in [-0.2, 0) is 11.3 Å². The first-order chi connectivity index (χ1) is 8.81. The molecule has 0 aromatic heterocycles. The number of thioether (sulfide) groups is 1. The standard InChI is InChI=1S/C15H21NOS/c1-11-15(8-9-17-11)18-14-6-2-12(3-7-14)10-16-13-4-5-13/h2-3,6-7,11,13,15-16H,4-5,8-10H2,1H3. The monoisotopic (exact) mass is 263 g/mol. The van der Waals surface area contributed by atoms with E-state index in [9.17, 15) is 0 Å². The summed E-state index contributed by atoms with van der Waals surface area (Å²) in [5.74, 6) is 0. The maximum absolute atomic E-state index is 5.60. The topological polar surface area (TPSA) is 21.3 Å². The Morgan fingerprint density at radius 3 is 2.61 bits per heavy atom. The van der Waals surface area contributed by atoms with Crippen LogP contribution in [-0.4, -0.2) is 24.0 Å². The molecule has 0 amide bonds. The van der Waals surface area contributed by atoms with E-state index < -0.39 is 0 Å². The highest BCUT2D eigenvalue weighted by Gasteiger charge is 2.25. The smallest absolute Gasteiger partial charge is 0.0669 e. The second-order valence-corrected chi connectivity index (χ2v) is 6.63. The van der Waals surface area contributed by atoms with Gasteiger partial charge in [-0.3, -0.25) is 0 Å². The highest BCUT2D eigenvalue weighted by molar-refractivity contribution is 8.00. The third-order valence-electron chi connectivity index (χ3n) is 3.69. The van der Waals surface area contributed by atoms with Crippen LogP contribution in [0.15, 0.2) is 29.2 Å². The molecule has 0 spiro atoms. The van der Waals surface area contributed by atoms with Crippen LogP contribution in [0.5, 0.6) is 0 Å². The Kier molecular flexibility index (Phi) is 3.92. The maximum atomic E-state index is 5.60. The lowest BCUT2D eigenvalue weighted by molar-refractivity contribution is 0.127. The van der Waals surface area contributed by atoms with Gasteiger partial charge in [0.05, 0.1) is 6.10 Å². The molecule has 1 aliphatic carbocycles. The van der Waals surface area contributed by atoms with E-state index in [1.807, 2.05) is 11.8 Å². The number of nitrogens with one attached hydrogen (secondary N) is 1. The van der Waals surface area contributed by atoms with Gasteiger partial charge in [-0.1, -0.05) is 12.1 Å². The minimum absolute atomic E-state index is 0.395. The van der Waals surface area contributed by atoms with E-state index in [0.717, 1.165) is 19.2 Å². The van der Waals surface area contributed by atoms with Gasteiger partial charge in [0, 0.05) is 29.3 Å². The Hall–Kier alpha value is -0.510. The fourth-order valence-corrected chi connectivity index (χ4v) is 3.40. The zero-order valence-corrected chi connectivity index (χ0v) is 11.7. The van der Waals surface area contributed by atoms with Gasteiger partial charge in [-0.25, -0.2) is 0 Å². The molecular formula is C15H21NOS. The predicted octanol–water partition coefficient (Wildman–Crippen LogP) is 3.21. The Balaban J connectivity index is 1.53. The Morgan fingerprint density at radius 2 is 2.00 bits per heavy atom. The zero-order valence-electron chi connectivity index (χ0n) is 10.9. The highest BCUT2D eigenvalue weighted by Crippen LogP contribution is 2.32. The van der Waals surface area contributed by atoms with Crippen LogP contribution in [0.4, 0.5) is 0 Å². The fraction of sp³-hybridized carbons (Fsp3) is 0.600.